The van der Waals surface area contributed by atoms with Crippen LogP contribution in [0.1, 0.15) is 13.9 Å². The molecule has 6 heteroatoms. The van der Waals surface area contributed by atoms with Crippen LogP contribution in [0.5, 0.6) is 5.75 Å². The largest absolute Gasteiger partial charge is 1.00 e. The summed E-state index contributed by atoms with van der Waals surface area (Å²) in [6.07, 6.45) is 0.967. The van der Waals surface area contributed by atoms with Gasteiger partial charge in [0.15, 0.2) is 6.61 Å². The fraction of sp³-hybridized carbons (Fsp3) is 0.300. The fourth-order valence-corrected chi connectivity index (χ4v) is 1.76. The van der Waals surface area contributed by atoms with Crippen molar-refractivity contribution in [3.63, 3.8) is 0 Å². The van der Waals surface area contributed by atoms with Gasteiger partial charge in [-0.25, -0.2) is 4.79 Å². The van der Waals surface area contributed by atoms with Crippen LogP contribution in [0.4, 0.5) is 0 Å². The van der Waals surface area contributed by atoms with E-state index >= 15 is 0 Å². The molecule has 0 aromatic heterocycles. The van der Waals surface area contributed by atoms with Crippen LogP contribution in [-0.2, 0) is 11.2 Å². The number of aliphatic carboxylic acids is 1. The topological polar surface area (TPSA) is 46.5 Å². The first-order valence-electron chi connectivity index (χ1n) is 4.26. The van der Waals surface area contributed by atoms with E-state index in [9.17, 15) is 4.79 Å². The molecular formula is C10H13I2NaO3. The Kier molecular flexibility index (Phi) is 12.0. The van der Waals surface area contributed by atoms with Crippen molar-refractivity contribution < 1.29 is 45.6 Å². The molecule has 0 heterocycles. The van der Waals surface area contributed by atoms with Crippen LogP contribution in [0.2, 0.25) is 0 Å². The van der Waals surface area contributed by atoms with E-state index in [-0.39, 0.29) is 61.6 Å². The fourth-order valence-electron chi connectivity index (χ4n) is 1.02. The van der Waals surface area contributed by atoms with Crippen LogP contribution in [-0.4, -0.2) is 17.7 Å². The predicted molar refractivity (Wildman–Crippen MR) is 78.2 cm³/mol. The summed E-state index contributed by atoms with van der Waals surface area (Å²) in [6.45, 7) is 1.78. The van der Waals surface area contributed by atoms with Crippen molar-refractivity contribution in [2.24, 2.45) is 0 Å². The second kappa shape index (κ2) is 9.93. The van der Waals surface area contributed by atoms with Crippen LogP contribution in [0.15, 0.2) is 18.2 Å². The second-order valence-corrected chi connectivity index (χ2v) is 3.96. The van der Waals surface area contributed by atoms with E-state index in [1.807, 2.05) is 18.2 Å². The van der Waals surface area contributed by atoms with Crippen LogP contribution in [0.3, 0.4) is 0 Å². The van der Waals surface area contributed by atoms with Crippen molar-refractivity contribution in [3.8, 4) is 5.75 Å². The Morgan fingerprint density at radius 3 is 2.62 bits per heavy atom. The van der Waals surface area contributed by atoms with Gasteiger partial charge in [0.25, 0.3) is 0 Å². The molecule has 0 aliphatic carbocycles. The molecule has 1 aromatic rings. The molecule has 86 valence electrons. The van der Waals surface area contributed by atoms with Gasteiger partial charge in [0.2, 0.25) is 0 Å². The molecule has 3 nitrogen and oxygen atoms in total. The Morgan fingerprint density at radius 1 is 1.56 bits per heavy atom. The third-order valence-corrected chi connectivity index (χ3v) is 2.60. The van der Waals surface area contributed by atoms with Crippen molar-refractivity contribution >= 4 is 52.5 Å². The van der Waals surface area contributed by atoms with Gasteiger partial charge in [-0.05, 0) is 46.7 Å². The maximum absolute atomic E-state index is 10.3. The molecule has 0 atom stereocenters. The van der Waals surface area contributed by atoms with E-state index in [1.165, 1.54) is 5.56 Å². The zero-order valence-corrected chi connectivity index (χ0v) is 15.7. The normalized spacial score (nSPS) is 8.62. The van der Waals surface area contributed by atoms with Gasteiger partial charge in [-0.1, -0.05) is 13.0 Å². The molecule has 0 bridgehead atoms. The summed E-state index contributed by atoms with van der Waals surface area (Å²) >= 11 is 2.14. The number of carboxylic acid groups (broad SMARTS) is 1. The van der Waals surface area contributed by atoms with Crippen LogP contribution in [0.25, 0.3) is 0 Å². The molecule has 1 rings (SSSR count). The third kappa shape index (κ3) is 6.63. The minimum Gasteiger partial charge on any atom is -1.00 e. The van der Waals surface area contributed by atoms with Crippen molar-refractivity contribution in [1.29, 1.82) is 0 Å². The molecule has 0 aliphatic rings. The van der Waals surface area contributed by atoms with E-state index in [0.29, 0.717) is 5.75 Å². The summed E-state index contributed by atoms with van der Waals surface area (Å²) < 4.78 is 6.04. The summed E-state index contributed by atoms with van der Waals surface area (Å²) in [5, 5.41) is 8.44. The first-order valence-corrected chi connectivity index (χ1v) is 5.34. The minimum absolute atomic E-state index is 0. The average Bonchev–Trinajstić information content (AvgIpc) is 2.15. The number of carboxylic acids is 1. The zero-order valence-electron chi connectivity index (χ0n) is 10.2. The van der Waals surface area contributed by atoms with Gasteiger partial charge < -0.3 is 11.3 Å². The number of halogens is 2. The maximum atomic E-state index is 10.3. The SMILES string of the molecule is CCc1ccc(OCC(=O)O)c(I)c1.I.[H-].[Na+]. The summed E-state index contributed by atoms with van der Waals surface area (Å²) in [5.74, 6) is -0.328. The number of rotatable bonds is 4. The van der Waals surface area contributed by atoms with E-state index in [4.69, 9.17) is 9.84 Å². The van der Waals surface area contributed by atoms with Gasteiger partial charge in [-0.2, -0.15) is 0 Å². The standard InChI is InChI=1S/C10H11IO3.HI.Na.H/c1-2-7-3-4-9(8(11)5-7)14-6-10(12)13;;;/h3-5H,2,6H2,1H3,(H,12,13);1H;;/q;;+1;-1. The van der Waals surface area contributed by atoms with Crippen molar-refractivity contribution in [2.75, 3.05) is 6.61 Å². The van der Waals surface area contributed by atoms with Crippen molar-refractivity contribution in [3.05, 3.63) is 27.3 Å². The Morgan fingerprint density at radius 2 is 2.19 bits per heavy atom. The molecule has 0 saturated carbocycles. The van der Waals surface area contributed by atoms with Gasteiger partial charge in [-0.3, -0.25) is 0 Å². The Hall–Kier alpha value is 0.950. The molecule has 16 heavy (non-hydrogen) atoms. The maximum Gasteiger partial charge on any atom is 1.00 e. The third-order valence-electron chi connectivity index (χ3n) is 1.76. The molecule has 0 amide bonds. The quantitative estimate of drug-likeness (QED) is 0.513. The molecule has 1 N–H and O–H groups in total. The number of carbonyl (C=O) groups is 1. The van der Waals surface area contributed by atoms with Crippen LogP contribution >= 0.6 is 46.6 Å². The molecular weight excluding hydrogens is 445 g/mol. The molecule has 1 aromatic carbocycles. The van der Waals surface area contributed by atoms with Crippen molar-refractivity contribution in [1.82, 2.24) is 0 Å². The average molecular weight is 458 g/mol. The zero-order chi connectivity index (χ0) is 10.6. The van der Waals surface area contributed by atoms with Gasteiger partial charge in [0, 0.05) is 0 Å². The number of aryl methyl sites for hydroxylation is 1. The first kappa shape index (κ1) is 19.3. The van der Waals surface area contributed by atoms with Crippen LogP contribution < -0.4 is 34.3 Å². The Balaban J connectivity index is -0.000000653. The Bertz CT molecular complexity index is 350. The molecule has 0 saturated heterocycles. The van der Waals surface area contributed by atoms with Crippen molar-refractivity contribution in [2.45, 2.75) is 13.3 Å². The molecule has 0 spiro atoms. The van der Waals surface area contributed by atoms with Gasteiger partial charge in [-0.15, -0.1) is 24.0 Å². The monoisotopic (exact) mass is 458 g/mol. The number of hydrogen-bond donors (Lipinski definition) is 1. The predicted octanol–water partition coefficient (Wildman–Crippen LogP) is 0.0515. The number of benzene rings is 1. The minimum atomic E-state index is -0.958. The first-order chi connectivity index (χ1) is 6.63. The van der Waals surface area contributed by atoms with Gasteiger partial charge in [0.1, 0.15) is 5.75 Å². The molecule has 0 unspecified atom stereocenters. The van der Waals surface area contributed by atoms with E-state index in [0.717, 1.165) is 9.99 Å². The number of ether oxygens (including phenoxy) is 1. The van der Waals surface area contributed by atoms with Gasteiger partial charge >= 0.3 is 35.5 Å². The summed E-state index contributed by atoms with van der Waals surface area (Å²) in [5.41, 5.74) is 1.22. The van der Waals surface area contributed by atoms with E-state index in [2.05, 4.69) is 29.5 Å². The van der Waals surface area contributed by atoms with E-state index < -0.39 is 5.97 Å². The number of hydrogen-bond acceptors (Lipinski definition) is 2. The summed E-state index contributed by atoms with van der Waals surface area (Å²) in [7, 11) is 0. The van der Waals surface area contributed by atoms with Crippen LogP contribution in [0, 0.1) is 3.57 Å². The van der Waals surface area contributed by atoms with E-state index in [1.54, 1.807) is 0 Å². The van der Waals surface area contributed by atoms with Gasteiger partial charge in [0.05, 0.1) is 3.57 Å². The summed E-state index contributed by atoms with van der Waals surface area (Å²) in [6, 6.07) is 5.75. The smallest absolute Gasteiger partial charge is 1.00 e. The molecule has 0 fully saturated rings. The second-order valence-electron chi connectivity index (χ2n) is 2.80. The summed E-state index contributed by atoms with van der Waals surface area (Å²) in [4.78, 5) is 10.3. The Labute approximate surface area is 149 Å². The molecule has 0 radical (unpaired) electrons. The molecule has 0 aliphatic heterocycles.